The predicted molar refractivity (Wildman–Crippen MR) is 79.9 cm³/mol. The summed E-state index contributed by atoms with van der Waals surface area (Å²) in [5, 5.41) is 12.3. The third-order valence-electron chi connectivity index (χ3n) is 3.75. The zero-order chi connectivity index (χ0) is 15.6. The molecule has 1 aliphatic heterocycles. The Bertz CT molecular complexity index is 549. The number of nitrogens with one attached hydrogen (secondary N) is 1. The monoisotopic (exact) mass is 290 g/mol. The second kappa shape index (κ2) is 5.85. The molecule has 0 radical (unpaired) electrons. The van der Waals surface area contributed by atoms with E-state index in [1.807, 2.05) is 45.0 Å². The molecule has 1 heterocycles. The maximum Gasteiger partial charge on any atom is 0.323 e. The number of aliphatic carboxylic acids is 1. The van der Waals surface area contributed by atoms with E-state index in [4.69, 9.17) is 5.11 Å². The summed E-state index contributed by atoms with van der Waals surface area (Å²) in [5.41, 5.74) is 1.83. The lowest BCUT2D eigenvalue weighted by Gasteiger charge is -2.38. The van der Waals surface area contributed by atoms with Gasteiger partial charge >= 0.3 is 5.97 Å². The van der Waals surface area contributed by atoms with Gasteiger partial charge in [-0.1, -0.05) is 24.3 Å². The summed E-state index contributed by atoms with van der Waals surface area (Å²) in [7, 11) is 0. The fourth-order valence-corrected chi connectivity index (χ4v) is 2.60. The second-order valence-corrected chi connectivity index (χ2v) is 6.40. The summed E-state index contributed by atoms with van der Waals surface area (Å²) in [6, 6.07) is 7.65. The smallest absolute Gasteiger partial charge is 0.323 e. The van der Waals surface area contributed by atoms with E-state index >= 15 is 0 Å². The van der Waals surface area contributed by atoms with E-state index in [1.165, 1.54) is 10.5 Å². The van der Waals surface area contributed by atoms with Crippen LogP contribution in [0.4, 0.5) is 0 Å². The van der Waals surface area contributed by atoms with Crippen molar-refractivity contribution in [2.75, 3.05) is 6.54 Å². The number of carbonyl (C=O) groups is 2. The third-order valence-corrected chi connectivity index (χ3v) is 3.75. The molecule has 114 valence electrons. The van der Waals surface area contributed by atoms with Gasteiger partial charge in [-0.2, -0.15) is 0 Å². The average molecular weight is 290 g/mol. The van der Waals surface area contributed by atoms with Crippen molar-refractivity contribution < 1.29 is 14.7 Å². The van der Waals surface area contributed by atoms with Gasteiger partial charge in [-0.15, -0.1) is 0 Å². The van der Waals surface area contributed by atoms with Crippen LogP contribution in [0.15, 0.2) is 24.3 Å². The molecule has 0 spiro atoms. The van der Waals surface area contributed by atoms with E-state index in [1.54, 1.807) is 0 Å². The molecule has 1 atom stereocenters. The molecule has 0 aliphatic carbocycles. The molecule has 2 N–H and O–H groups in total. The second-order valence-electron chi connectivity index (χ2n) is 6.40. The Hall–Kier alpha value is -1.88. The Morgan fingerprint density at radius 2 is 1.90 bits per heavy atom. The Morgan fingerprint density at radius 3 is 2.48 bits per heavy atom. The summed E-state index contributed by atoms with van der Waals surface area (Å²) >= 11 is 0. The number of hydrogen-bond acceptors (Lipinski definition) is 3. The first-order chi connectivity index (χ1) is 9.79. The zero-order valence-electron chi connectivity index (χ0n) is 12.7. The summed E-state index contributed by atoms with van der Waals surface area (Å²) in [5.74, 6) is -1.14. The lowest BCUT2D eigenvalue weighted by Crippen LogP contribution is -2.56. The topological polar surface area (TPSA) is 69.6 Å². The predicted octanol–water partition coefficient (Wildman–Crippen LogP) is 1.41. The average Bonchev–Trinajstić information content (AvgIpc) is 2.42. The molecular weight excluding hydrogens is 268 g/mol. The van der Waals surface area contributed by atoms with Gasteiger partial charge in [0.1, 0.15) is 6.54 Å². The number of benzene rings is 1. The summed E-state index contributed by atoms with van der Waals surface area (Å²) in [4.78, 5) is 25.1. The summed E-state index contributed by atoms with van der Waals surface area (Å²) in [6.45, 7) is 5.92. The van der Waals surface area contributed by atoms with Crippen LogP contribution < -0.4 is 5.32 Å². The van der Waals surface area contributed by atoms with Crippen molar-refractivity contribution in [3.63, 3.8) is 0 Å². The molecule has 0 aromatic heterocycles. The van der Waals surface area contributed by atoms with Crippen LogP contribution in [0.3, 0.4) is 0 Å². The van der Waals surface area contributed by atoms with E-state index < -0.39 is 11.5 Å². The standard InChI is InChI=1S/C16H22N2O3/c1-16(2,3)18(10-14(19)20)15(21)13-8-11-6-4-5-7-12(11)9-17-13/h4-7,13,17H,8-10H2,1-3H3,(H,19,20). The van der Waals surface area contributed by atoms with Crippen LogP contribution in [-0.4, -0.2) is 40.0 Å². The van der Waals surface area contributed by atoms with Gasteiger partial charge in [0.2, 0.25) is 5.91 Å². The van der Waals surface area contributed by atoms with Gasteiger partial charge in [0, 0.05) is 12.1 Å². The number of fused-ring (bicyclic) bond motifs is 1. The number of carboxylic acids is 1. The molecule has 5 nitrogen and oxygen atoms in total. The van der Waals surface area contributed by atoms with Crippen molar-refractivity contribution in [1.29, 1.82) is 0 Å². The normalized spacial score (nSPS) is 18.0. The lowest BCUT2D eigenvalue weighted by molar-refractivity contribution is -0.149. The fraction of sp³-hybridized carbons (Fsp3) is 0.500. The fourth-order valence-electron chi connectivity index (χ4n) is 2.60. The molecule has 0 bridgehead atoms. The van der Waals surface area contributed by atoms with Gasteiger partial charge < -0.3 is 15.3 Å². The highest BCUT2D eigenvalue weighted by molar-refractivity contribution is 5.86. The molecule has 21 heavy (non-hydrogen) atoms. The van der Waals surface area contributed by atoms with Gasteiger partial charge in [0.15, 0.2) is 0 Å². The highest BCUT2D eigenvalue weighted by atomic mass is 16.4. The molecule has 1 aromatic rings. The van der Waals surface area contributed by atoms with Crippen LogP contribution in [0.5, 0.6) is 0 Å². The van der Waals surface area contributed by atoms with Crippen molar-refractivity contribution in [2.24, 2.45) is 0 Å². The quantitative estimate of drug-likeness (QED) is 0.883. The number of carboxylic acid groups (broad SMARTS) is 1. The largest absolute Gasteiger partial charge is 0.480 e. The van der Waals surface area contributed by atoms with Gasteiger partial charge in [-0.25, -0.2) is 0 Å². The van der Waals surface area contributed by atoms with E-state index in [2.05, 4.69) is 5.32 Å². The summed E-state index contributed by atoms with van der Waals surface area (Å²) < 4.78 is 0. The minimum Gasteiger partial charge on any atom is -0.480 e. The van der Waals surface area contributed by atoms with Crippen molar-refractivity contribution in [2.45, 2.75) is 45.3 Å². The Kier molecular flexibility index (Phi) is 4.32. The first-order valence-electron chi connectivity index (χ1n) is 7.12. The lowest BCUT2D eigenvalue weighted by atomic mass is 9.94. The first kappa shape index (κ1) is 15.5. The van der Waals surface area contributed by atoms with Crippen LogP contribution in [0, 0.1) is 0 Å². The van der Waals surface area contributed by atoms with Crippen molar-refractivity contribution >= 4 is 11.9 Å². The molecule has 0 saturated carbocycles. The van der Waals surface area contributed by atoms with Crippen molar-refractivity contribution in [3.05, 3.63) is 35.4 Å². The van der Waals surface area contributed by atoms with E-state index in [-0.39, 0.29) is 18.5 Å². The SMILES string of the molecule is CC(C)(C)N(CC(=O)O)C(=O)C1Cc2ccccc2CN1. The number of amides is 1. The van der Waals surface area contributed by atoms with Crippen molar-refractivity contribution in [1.82, 2.24) is 10.2 Å². The molecule has 2 rings (SSSR count). The highest BCUT2D eigenvalue weighted by Crippen LogP contribution is 2.20. The molecule has 1 aromatic carbocycles. The van der Waals surface area contributed by atoms with Crippen molar-refractivity contribution in [3.8, 4) is 0 Å². The highest BCUT2D eigenvalue weighted by Gasteiger charge is 2.34. The summed E-state index contributed by atoms with van der Waals surface area (Å²) in [6.07, 6.45) is 0.598. The number of rotatable bonds is 3. The third kappa shape index (κ3) is 3.61. The maximum atomic E-state index is 12.7. The Morgan fingerprint density at radius 1 is 1.29 bits per heavy atom. The zero-order valence-corrected chi connectivity index (χ0v) is 12.7. The number of hydrogen-bond donors (Lipinski definition) is 2. The van der Waals surface area contributed by atoms with E-state index in [0.717, 1.165) is 5.56 Å². The molecule has 0 saturated heterocycles. The number of carbonyl (C=O) groups excluding carboxylic acids is 1. The van der Waals surface area contributed by atoms with Crippen LogP contribution in [0.25, 0.3) is 0 Å². The maximum absolute atomic E-state index is 12.7. The van der Waals surface area contributed by atoms with Gasteiger partial charge in [0.25, 0.3) is 0 Å². The molecular formula is C16H22N2O3. The van der Waals surface area contributed by atoms with E-state index in [9.17, 15) is 9.59 Å². The molecule has 5 heteroatoms. The van der Waals surface area contributed by atoms with E-state index in [0.29, 0.717) is 13.0 Å². The minimum atomic E-state index is -0.991. The number of nitrogens with zero attached hydrogens (tertiary/aromatic N) is 1. The molecule has 1 unspecified atom stereocenters. The van der Waals surface area contributed by atoms with Crippen LogP contribution in [0.1, 0.15) is 31.9 Å². The van der Waals surface area contributed by atoms with Crippen LogP contribution in [-0.2, 0) is 22.6 Å². The first-order valence-corrected chi connectivity index (χ1v) is 7.12. The minimum absolute atomic E-state index is 0.153. The van der Waals surface area contributed by atoms with Gasteiger partial charge in [0.05, 0.1) is 6.04 Å². The van der Waals surface area contributed by atoms with Gasteiger partial charge in [-0.05, 0) is 38.3 Å². The molecule has 1 aliphatic rings. The van der Waals surface area contributed by atoms with Crippen LogP contribution >= 0.6 is 0 Å². The van der Waals surface area contributed by atoms with Gasteiger partial charge in [-0.3, -0.25) is 9.59 Å². The molecule has 1 amide bonds. The Labute approximate surface area is 125 Å². The molecule has 0 fully saturated rings. The van der Waals surface area contributed by atoms with Crippen LogP contribution in [0.2, 0.25) is 0 Å². The Balaban J connectivity index is 2.17.